The first kappa shape index (κ1) is 15.2. The van der Waals surface area contributed by atoms with Crippen LogP contribution in [0.3, 0.4) is 0 Å². The van der Waals surface area contributed by atoms with Crippen molar-refractivity contribution in [3.8, 4) is 0 Å². The summed E-state index contributed by atoms with van der Waals surface area (Å²) in [6.45, 7) is 8.07. The number of carbonyl (C=O) groups excluding carboxylic acids is 1. The normalized spacial score (nSPS) is 10.7. The highest BCUT2D eigenvalue weighted by Crippen LogP contribution is 2.07. The van der Waals surface area contributed by atoms with Crippen LogP contribution in [0.5, 0.6) is 0 Å². The highest BCUT2D eigenvalue weighted by Gasteiger charge is 2.02. The number of halogens is 1. The number of nitrogens with zero attached hydrogens (tertiary/aromatic N) is 1. The summed E-state index contributed by atoms with van der Waals surface area (Å²) in [5.74, 6) is 0.0159. The highest BCUT2D eigenvalue weighted by atomic mass is 79.9. The lowest BCUT2D eigenvalue weighted by atomic mass is 10.1. The number of nitrogens with one attached hydrogen (secondary N) is 1. The van der Waals surface area contributed by atoms with Crippen molar-refractivity contribution in [1.29, 1.82) is 0 Å². The van der Waals surface area contributed by atoms with Gasteiger partial charge in [0, 0.05) is 13.1 Å². The van der Waals surface area contributed by atoms with Crippen molar-refractivity contribution < 1.29 is 4.79 Å². The molecule has 1 amide bonds. The van der Waals surface area contributed by atoms with E-state index in [0.29, 0.717) is 11.9 Å². The molecule has 1 aromatic carbocycles. The maximum Gasteiger partial charge on any atom is 0.230 e. The average molecular weight is 313 g/mol. The van der Waals surface area contributed by atoms with Crippen LogP contribution in [0.4, 0.5) is 0 Å². The number of alkyl halides is 1. The lowest BCUT2D eigenvalue weighted by Crippen LogP contribution is -2.23. The van der Waals surface area contributed by atoms with E-state index in [2.05, 4.69) is 64.3 Å². The molecule has 0 saturated carbocycles. The molecule has 0 saturated heterocycles. The molecule has 0 fully saturated rings. The van der Waals surface area contributed by atoms with E-state index in [1.807, 2.05) is 0 Å². The van der Waals surface area contributed by atoms with Gasteiger partial charge < -0.3 is 5.32 Å². The van der Waals surface area contributed by atoms with Crippen molar-refractivity contribution in [3.63, 3.8) is 0 Å². The van der Waals surface area contributed by atoms with E-state index in [4.69, 9.17) is 0 Å². The van der Waals surface area contributed by atoms with Crippen LogP contribution in [0.25, 0.3) is 0 Å². The first-order valence-corrected chi connectivity index (χ1v) is 7.44. The van der Waals surface area contributed by atoms with Crippen LogP contribution in [0.15, 0.2) is 24.3 Å². The number of amides is 1. The van der Waals surface area contributed by atoms with Gasteiger partial charge in [0.05, 0.1) is 5.33 Å². The van der Waals surface area contributed by atoms with Crippen molar-refractivity contribution in [3.05, 3.63) is 35.4 Å². The number of rotatable bonds is 7. The van der Waals surface area contributed by atoms with Gasteiger partial charge >= 0.3 is 0 Å². The fourth-order valence-electron chi connectivity index (χ4n) is 1.72. The Morgan fingerprint density at radius 3 is 2.22 bits per heavy atom. The number of hydrogen-bond donors (Lipinski definition) is 1. The first-order valence-electron chi connectivity index (χ1n) is 6.32. The minimum Gasteiger partial charge on any atom is -0.351 e. The zero-order valence-electron chi connectivity index (χ0n) is 11.1. The third-order valence-corrected chi connectivity index (χ3v) is 3.44. The van der Waals surface area contributed by atoms with Gasteiger partial charge in [0.15, 0.2) is 0 Å². The Hall–Kier alpha value is -0.870. The molecule has 1 rings (SSSR count). The molecule has 100 valence electrons. The van der Waals surface area contributed by atoms with E-state index in [1.54, 1.807) is 0 Å². The predicted molar refractivity (Wildman–Crippen MR) is 78.7 cm³/mol. The van der Waals surface area contributed by atoms with E-state index in [0.717, 1.165) is 25.2 Å². The Bertz CT molecular complexity index is 361. The van der Waals surface area contributed by atoms with Crippen LogP contribution in [0.1, 0.15) is 25.0 Å². The standard InChI is InChI=1S/C14H21BrN2O/c1-3-17(4-2)11-13-7-5-12(6-8-13)10-16-14(18)9-15/h5-8H,3-4,9-11H2,1-2H3,(H,16,18). The van der Waals surface area contributed by atoms with Gasteiger partial charge in [0.1, 0.15) is 0 Å². The largest absolute Gasteiger partial charge is 0.351 e. The molecule has 3 nitrogen and oxygen atoms in total. The molecule has 0 spiro atoms. The summed E-state index contributed by atoms with van der Waals surface area (Å²) in [4.78, 5) is 13.5. The molecule has 0 aliphatic rings. The fourth-order valence-corrected chi connectivity index (χ4v) is 1.91. The second-order valence-corrected chi connectivity index (χ2v) is 4.75. The van der Waals surface area contributed by atoms with Gasteiger partial charge in [-0.15, -0.1) is 0 Å². The molecule has 0 aromatic heterocycles. The van der Waals surface area contributed by atoms with E-state index < -0.39 is 0 Å². The molecule has 1 N–H and O–H groups in total. The van der Waals surface area contributed by atoms with Crippen molar-refractivity contribution >= 4 is 21.8 Å². The van der Waals surface area contributed by atoms with Gasteiger partial charge in [-0.25, -0.2) is 0 Å². The highest BCUT2D eigenvalue weighted by molar-refractivity contribution is 9.09. The molecular weight excluding hydrogens is 292 g/mol. The zero-order valence-corrected chi connectivity index (χ0v) is 12.7. The topological polar surface area (TPSA) is 32.3 Å². The maximum atomic E-state index is 11.1. The number of benzene rings is 1. The Morgan fingerprint density at radius 2 is 1.72 bits per heavy atom. The van der Waals surface area contributed by atoms with Gasteiger partial charge in [-0.2, -0.15) is 0 Å². The molecule has 4 heteroatoms. The van der Waals surface area contributed by atoms with Gasteiger partial charge in [0.2, 0.25) is 5.91 Å². The minimum atomic E-state index is 0.0159. The van der Waals surface area contributed by atoms with Crippen molar-refractivity contribution in [2.24, 2.45) is 0 Å². The third-order valence-electron chi connectivity index (χ3n) is 2.93. The van der Waals surface area contributed by atoms with Crippen molar-refractivity contribution in [2.75, 3.05) is 18.4 Å². The summed E-state index contributed by atoms with van der Waals surface area (Å²) in [6, 6.07) is 8.42. The molecule has 0 heterocycles. The molecule has 1 aromatic rings. The minimum absolute atomic E-state index is 0.0159. The molecule has 0 aliphatic carbocycles. The smallest absolute Gasteiger partial charge is 0.230 e. The number of hydrogen-bond acceptors (Lipinski definition) is 2. The Morgan fingerprint density at radius 1 is 1.17 bits per heavy atom. The second-order valence-electron chi connectivity index (χ2n) is 4.19. The van der Waals surface area contributed by atoms with E-state index in [9.17, 15) is 4.79 Å². The lowest BCUT2D eigenvalue weighted by molar-refractivity contribution is -0.118. The molecule has 0 aliphatic heterocycles. The third kappa shape index (κ3) is 5.19. The van der Waals surface area contributed by atoms with E-state index >= 15 is 0 Å². The summed E-state index contributed by atoms with van der Waals surface area (Å²) >= 11 is 3.13. The quantitative estimate of drug-likeness (QED) is 0.785. The van der Waals surface area contributed by atoms with Crippen LogP contribution in [-0.4, -0.2) is 29.2 Å². The summed E-state index contributed by atoms with van der Waals surface area (Å²) < 4.78 is 0. The van der Waals surface area contributed by atoms with Gasteiger partial charge in [-0.1, -0.05) is 54.0 Å². The molecule has 0 radical (unpaired) electrons. The van der Waals surface area contributed by atoms with Gasteiger partial charge in [-0.3, -0.25) is 9.69 Å². The summed E-state index contributed by atoms with van der Waals surface area (Å²) in [5, 5.41) is 3.19. The van der Waals surface area contributed by atoms with Crippen molar-refractivity contribution in [1.82, 2.24) is 10.2 Å². The van der Waals surface area contributed by atoms with Crippen LogP contribution >= 0.6 is 15.9 Å². The first-order chi connectivity index (χ1) is 8.69. The Balaban J connectivity index is 2.49. The van der Waals surface area contributed by atoms with Crippen molar-refractivity contribution in [2.45, 2.75) is 26.9 Å². The SMILES string of the molecule is CCN(CC)Cc1ccc(CNC(=O)CBr)cc1. The number of carbonyl (C=O) groups is 1. The summed E-state index contributed by atoms with van der Waals surface area (Å²) in [6.07, 6.45) is 0. The summed E-state index contributed by atoms with van der Waals surface area (Å²) in [7, 11) is 0. The average Bonchev–Trinajstić information content (AvgIpc) is 2.43. The monoisotopic (exact) mass is 312 g/mol. The maximum absolute atomic E-state index is 11.1. The predicted octanol–water partition coefficient (Wildman–Crippen LogP) is 2.54. The molecule has 0 atom stereocenters. The molecule has 0 bridgehead atoms. The van der Waals surface area contributed by atoms with Crippen LogP contribution in [0, 0.1) is 0 Å². The molecular formula is C14H21BrN2O. The van der Waals surface area contributed by atoms with Crippen LogP contribution in [-0.2, 0) is 17.9 Å². The Labute approximate surface area is 118 Å². The van der Waals surface area contributed by atoms with Crippen LogP contribution < -0.4 is 5.32 Å². The van der Waals surface area contributed by atoms with E-state index in [-0.39, 0.29) is 5.91 Å². The van der Waals surface area contributed by atoms with Gasteiger partial charge in [0.25, 0.3) is 0 Å². The molecule has 18 heavy (non-hydrogen) atoms. The van der Waals surface area contributed by atoms with Gasteiger partial charge in [-0.05, 0) is 24.2 Å². The fraction of sp³-hybridized carbons (Fsp3) is 0.500. The summed E-state index contributed by atoms with van der Waals surface area (Å²) in [5.41, 5.74) is 2.45. The molecule has 0 unspecified atom stereocenters. The zero-order chi connectivity index (χ0) is 13.4. The van der Waals surface area contributed by atoms with E-state index in [1.165, 1.54) is 5.56 Å². The van der Waals surface area contributed by atoms with Crippen LogP contribution in [0.2, 0.25) is 0 Å². The lowest BCUT2D eigenvalue weighted by Gasteiger charge is -2.18. The second kappa shape index (κ2) is 8.27. The Kier molecular flexibility index (Phi) is 6.98.